The lowest BCUT2D eigenvalue weighted by molar-refractivity contribution is -0.384. The van der Waals surface area contributed by atoms with Crippen LogP contribution in [-0.2, 0) is 6.42 Å². The molecule has 0 aromatic heterocycles. The number of carbonyl (C=O) groups excluding carboxylic acids is 1. The van der Waals surface area contributed by atoms with Gasteiger partial charge < -0.3 is 4.74 Å². The third kappa shape index (κ3) is 3.82. The number of amides is 1. The molecule has 1 heterocycles. The number of hydrogen-bond donors (Lipinski definition) is 1. The Balaban J connectivity index is 1.64. The summed E-state index contributed by atoms with van der Waals surface area (Å²) in [4.78, 5) is 22.1. The Morgan fingerprint density at radius 2 is 2.00 bits per heavy atom. The molecule has 1 N–H and O–H groups in total. The first-order chi connectivity index (χ1) is 11.8. The number of hydrogen-bond acceptors (Lipinski definition) is 5. The lowest BCUT2D eigenvalue weighted by Crippen LogP contribution is -2.24. The molecule has 7 nitrogen and oxygen atoms in total. The van der Waals surface area contributed by atoms with Crippen molar-refractivity contribution in [1.82, 2.24) is 5.43 Å². The maximum absolute atomic E-state index is 12.0. The van der Waals surface area contributed by atoms with Crippen molar-refractivity contribution in [2.24, 2.45) is 5.10 Å². The Bertz CT molecular complexity index is 857. The zero-order chi connectivity index (χ0) is 18.0. The summed E-state index contributed by atoms with van der Waals surface area (Å²) in [6.07, 6.45) is 2.37. The summed E-state index contributed by atoms with van der Waals surface area (Å²) in [5, 5.41) is 14.5. The average molecular weight is 339 g/mol. The van der Waals surface area contributed by atoms with Crippen LogP contribution in [0.1, 0.15) is 35.3 Å². The zero-order valence-electron chi connectivity index (χ0n) is 13.9. The highest BCUT2D eigenvalue weighted by Gasteiger charge is 2.29. The highest BCUT2D eigenvalue weighted by molar-refractivity contribution is 5.95. The molecule has 3 rings (SSSR count). The van der Waals surface area contributed by atoms with Crippen molar-refractivity contribution in [2.45, 2.75) is 25.9 Å². The molecule has 0 radical (unpaired) electrons. The molecule has 0 unspecified atom stereocenters. The number of benzene rings is 2. The van der Waals surface area contributed by atoms with Gasteiger partial charge in [-0.1, -0.05) is 0 Å². The fraction of sp³-hybridized carbons (Fsp3) is 0.222. The number of nitro benzene ring substituents is 1. The monoisotopic (exact) mass is 339 g/mol. The van der Waals surface area contributed by atoms with Gasteiger partial charge in [0, 0.05) is 24.1 Å². The third-order valence-electron chi connectivity index (χ3n) is 3.81. The van der Waals surface area contributed by atoms with Crippen molar-refractivity contribution < 1.29 is 14.5 Å². The summed E-state index contributed by atoms with van der Waals surface area (Å²) in [6, 6.07) is 11.1. The van der Waals surface area contributed by atoms with Crippen LogP contribution in [-0.4, -0.2) is 22.6 Å². The van der Waals surface area contributed by atoms with E-state index in [1.54, 1.807) is 6.21 Å². The van der Waals surface area contributed by atoms with Gasteiger partial charge in [0.1, 0.15) is 11.4 Å². The minimum atomic E-state index is -0.515. The highest BCUT2D eigenvalue weighted by atomic mass is 16.6. The zero-order valence-corrected chi connectivity index (χ0v) is 13.9. The van der Waals surface area contributed by atoms with Crippen LogP contribution in [0.5, 0.6) is 5.75 Å². The van der Waals surface area contributed by atoms with Crippen LogP contribution in [0.15, 0.2) is 47.6 Å². The topological polar surface area (TPSA) is 93.8 Å². The predicted octanol–water partition coefficient (Wildman–Crippen LogP) is 3.07. The Kier molecular flexibility index (Phi) is 4.22. The van der Waals surface area contributed by atoms with Gasteiger partial charge >= 0.3 is 0 Å². The SMILES string of the molecule is CC1(C)Cc2cc(/C=N/NC(=O)c3ccc([N+](=O)[O-])cc3)ccc2O1. The van der Waals surface area contributed by atoms with E-state index in [0.29, 0.717) is 5.56 Å². The van der Waals surface area contributed by atoms with Crippen molar-refractivity contribution >= 4 is 17.8 Å². The van der Waals surface area contributed by atoms with Crippen LogP contribution in [0.3, 0.4) is 0 Å². The highest BCUT2D eigenvalue weighted by Crippen LogP contribution is 2.34. The van der Waals surface area contributed by atoms with E-state index in [1.807, 2.05) is 32.0 Å². The maximum Gasteiger partial charge on any atom is 0.271 e. The number of non-ortho nitro benzene ring substituents is 1. The maximum atomic E-state index is 12.0. The van der Waals surface area contributed by atoms with Gasteiger partial charge in [-0.05, 0) is 55.3 Å². The predicted molar refractivity (Wildman–Crippen MR) is 93.0 cm³/mol. The standard InChI is InChI=1S/C18H17N3O4/c1-18(2)10-14-9-12(3-8-16(14)25-18)11-19-20-17(22)13-4-6-15(7-5-13)21(23)24/h3-9,11H,10H2,1-2H3,(H,20,22)/b19-11+. The van der Waals surface area contributed by atoms with E-state index in [-0.39, 0.29) is 11.3 Å². The van der Waals surface area contributed by atoms with E-state index in [4.69, 9.17) is 4.74 Å². The fourth-order valence-electron chi connectivity index (χ4n) is 2.67. The molecule has 0 atom stereocenters. The van der Waals surface area contributed by atoms with Crippen molar-refractivity contribution in [2.75, 3.05) is 0 Å². The summed E-state index contributed by atoms with van der Waals surface area (Å²) in [6.45, 7) is 4.07. The molecule has 0 bridgehead atoms. The third-order valence-corrected chi connectivity index (χ3v) is 3.81. The van der Waals surface area contributed by atoms with Gasteiger partial charge in [0.05, 0.1) is 11.1 Å². The summed E-state index contributed by atoms with van der Waals surface area (Å²) in [7, 11) is 0. The molecular weight excluding hydrogens is 322 g/mol. The summed E-state index contributed by atoms with van der Waals surface area (Å²) >= 11 is 0. The van der Waals surface area contributed by atoms with E-state index in [0.717, 1.165) is 23.3 Å². The summed E-state index contributed by atoms with van der Waals surface area (Å²) in [5.41, 5.74) is 4.39. The van der Waals surface area contributed by atoms with Crippen LogP contribution in [0.25, 0.3) is 0 Å². The number of carbonyl (C=O) groups is 1. The minimum Gasteiger partial charge on any atom is -0.487 e. The van der Waals surface area contributed by atoms with E-state index in [9.17, 15) is 14.9 Å². The van der Waals surface area contributed by atoms with E-state index < -0.39 is 10.8 Å². The van der Waals surface area contributed by atoms with Gasteiger partial charge in [-0.25, -0.2) is 5.43 Å². The van der Waals surface area contributed by atoms with E-state index in [1.165, 1.54) is 24.3 Å². The van der Waals surface area contributed by atoms with Crippen molar-refractivity contribution in [1.29, 1.82) is 0 Å². The molecule has 7 heteroatoms. The molecule has 1 aliphatic rings. The lowest BCUT2D eigenvalue weighted by atomic mass is 10.0. The molecule has 2 aromatic carbocycles. The molecular formula is C18H17N3O4. The van der Waals surface area contributed by atoms with Gasteiger partial charge in [0.2, 0.25) is 0 Å². The molecule has 1 aliphatic heterocycles. The first-order valence-corrected chi connectivity index (χ1v) is 7.74. The van der Waals surface area contributed by atoms with Crippen LogP contribution >= 0.6 is 0 Å². The Labute approximate surface area is 144 Å². The molecule has 0 saturated heterocycles. The quantitative estimate of drug-likeness (QED) is 0.526. The number of nitrogens with one attached hydrogen (secondary N) is 1. The minimum absolute atomic E-state index is 0.0664. The molecule has 0 fully saturated rings. The second kappa shape index (κ2) is 6.35. The molecule has 0 spiro atoms. The second-order valence-corrected chi connectivity index (χ2v) is 6.41. The first kappa shape index (κ1) is 16.6. The largest absolute Gasteiger partial charge is 0.487 e. The number of ether oxygens (including phenoxy) is 1. The number of nitro groups is 1. The smallest absolute Gasteiger partial charge is 0.271 e. The Morgan fingerprint density at radius 1 is 1.28 bits per heavy atom. The summed E-state index contributed by atoms with van der Waals surface area (Å²) < 4.78 is 5.81. The average Bonchev–Trinajstić information content (AvgIpc) is 2.88. The number of nitrogens with zero attached hydrogens (tertiary/aromatic N) is 2. The first-order valence-electron chi connectivity index (χ1n) is 7.74. The molecule has 128 valence electrons. The lowest BCUT2D eigenvalue weighted by Gasteiger charge is -2.16. The van der Waals surface area contributed by atoms with Gasteiger partial charge in [-0.3, -0.25) is 14.9 Å². The molecule has 2 aromatic rings. The van der Waals surface area contributed by atoms with Crippen LogP contribution in [0, 0.1) is 10.1 Å². The fourth-order valence-corrected chi connectivity index (χ4v) is 2.67. The van der Waals surface area contributed by atoms with Crippen LogP contribution in [0.4, 0.5) is 5.69 Å². The molecule has 25 heavy (non-hydrogen) atoms. The second-order valence-electron chi connectivity index (χ2n) is 6.41. The van der Waals surface area contributed by atoms with E-state index >= 15 is 0 Å². The number of hydrazone groups is 1. The van der Waals surface area contributed by atoms with Gasteiger partial charge in [-0.15, -0.1) is 0 Å². The molecule has 0 aliphatic carbocycles. The number of rotatable bonds is 4. The van der Waals surface area contributed by atoms with Crippen LogP contribution in [0.2, 0.25) is 0 Å². The number of fused-ring (bicyclic) bond motifs is 1. The molecule has 1 amide bonds. The Morgan fingerprint density at radius 3 is 2.68 bits per heavy atom. The van der Waals surface area contributed by atoms with Gasteiger partial charge in [-0.2, -0.15) is 5.10 Å². The normalized spacial score (nSPS) is 14.8. The van der Waals surface area contributed by atoms with Crippen LogP contribution < -0.4 is 10.2 Å². The van der Waals surface area contributed by atoms with Gasteiger partial charge in [0.15, 0.2) is 0 Å². The van der Waals surface area contributed by atoms with Gasteiger partial charge in [0.25, 0.3) is 11.6 Å². The Hall–Kier alpha value is -3.22. The molecule has 0 saturated carbocycles. The summed E-state index contributed by atoms with van der Waals surface area (Å²) in [5.74, 6) is 0.439. The van der Waals surface area contributed by atoms with E-state index in [2.05, 4.69) is 10.5 Å². The van der Waals surface area contributed by atoms with Crippen molar-refractivity contribution in [3.8, 4) is 5.75 Å². The van der Waals surface area contributed by atoms with Crippen molar-refractivity contribution in [3.63, 3.8) is 0 Å². The van der Waals surface area contributed by atoms with Crippen molar-refractivity contribution in [3.05, 3.63) is 69.3 Å².